The van der Waals surface area contributed by atoms with Gasteiger partial charge in [0.25, 0.3) is 8.53 Å². The second kappa shape index (κ2) is 19.5. The molecule has 4 aromatic rings. The molecule has 0 aliphatic carbocycles. The van der Waals surface area contributed by atoms with Crippen molar-refractivity contribution < 1.29 is 32.8 Å². The summed E-state index contributed by atoms with van der Waals surface area (Å²) >= 11 is 0. The Morgan fingerprint density at radius 2 is 1.55 bits per heavy atom. The van der Waals surface area contributed by atoms with E-state index in [0.717, 1.165) is 16.7 Å². The molecule has 1 unspecified atom stereocenters. The van der Waals surface area contributed by atoms with Crippen molar-refractivity contribution in [3.05, 3.63) is 118 Å². The molecule has 1 aliphatic rings. The van der Waals surface area contributed by atoms with Gasteiger partial charge in [0.15, 0.2) is 0 Å². The van der Waals surface area contributed by atoms with E-state index in [-0.39, 0.29) is 49.9 Å². The van der Waals surface area contributed by atoms with Crippen molar-refractivity contribution >= 4 is 20.3 Å². The summed E-state index contributed by atoms with van der Waals surface area (Å²) in [5.41, 5.74) is 1.43. The van der Waals surface area contributed by atoms with Crippen molar-refractivity contribution in [3.63, 3.8) is 0 Å². The van der Waals surface area contributed by atoms with Crippen molar-refractivity contribution in [1.82, 2.24) is 14.2 Å². The van der Waals surface area contributed by atoms with E-state index in [9.17, 15) is 14.9 Å². The molecule has 298 valence electrons. The fraction of sp³-hybridized carbons (Fsp3) is 0.429. The lowest BCUT2D eigenvalue weighted by Gasteiger charge is -2.39. The molecular formula is C42H52N5O8P. The first-order chi connectivity index (χ1) is 26.9. The van der Waals surface area contributed by atoms with Crippen LogP contribution in [0.4, 0.5) is 5.82 Å². The highest BCUT2D eigenvalue weighted by Crippen LogP contribution is 2.50. The highest BCUT2D eigenvalue weighted by atomic mass is 31.2. The van der Waals surface area contributed by atoms with E-state index in [0.29, 0.717) is 17.1 Å². The Hall–Kier alpha value is -4.67. The van der Waals surface area contributed by atoms with E-state index in [1.165, 1.54) is 11.5 Å². The number of nitrogens with zero attached hydrogens (tertiary/aromatic N) is 4. The topological polar surface area (TPSA) is 146 Å². The average molecular weight is 786 g/mol. The molecule has 1 amide bonds. The van der Waals surface area contributed by atoms with E-state index in [1.807, 2.05) is 78.9 Å². The van der Waals surface area contributed by atoms with E-state index >= 15 is 0 Å². The van der Waals surface area contributed by atoms with Crippen LogP contribution in [0.2, 0.25) is 0 Å². The summed E-state index contributed by atoms with van der Waals surface area (Å²) in [4.78, 5) is 29.5. The van der Waals surface area contributed by atoms with Crippen molar-refractivity contribution in [2.45, 2.75) is 90.5 Å². The summed E-state index contributed by atoms with van der Waals surface area (Å²) in [5, 5.41) is 12.0. The number of rotatable bonds is 18. The van der Waals surface area contributed by atoms with Crippen LogP contribution in [-0.2, 0) is 28.9 Å². The lowest BCUT2D eigenvalue weighted by Crippen LogP contribution is -2.39. The van der Waals surface area contributed by atoms with E-state index in [4.69, 9.17) is 28.0 Å². The van der Waals surface area contributed by atoms with Crippen molar-refractivity contribution in [1.29, 1.82) is 5.26 Å². The summed E-state index contributed by atoms with van der Waals surface area (Å²) in [7, 11) is 1.57. The highest BCUT2D eigenvalue weighted by Gasteiger charge is 2.45. The normalized spacial score (nSPS) is 17.6. The third-order valence-electron chi connectivity index (χ3n) is 9.45. The minimum absolute atomic E-state index is 0.0317. The number of nitriles is 1. The van der Waals surface area contributed by atoms with Crippen LogP contribution in [0.15, 0.2) is 89.9 Å². The zero-order valence-electron chi connectivity index (χ0n) is 33.3. The van der Waals surface area contributed by atoms with Crippen molar-refractivity contribution in [2.75, 3.05) is 32.8 Å². The van der Waals surface area contributed by atoms with Gasteiger partial charge < -0.3 is 33.3 Å². The standard InChI is InChI=1S/C42H52N5O8P/c1-28(2)47(29(3)4)56(53-24-12-23-43)55-37-25-39(46-26-30(5)40(44-31(6)48)45-41(46)49)54-38(37)27-52-42(32-13-10-9-11-14-32,33-15-19-35(50-7)20-16-33)34-17-21-36(51-8)22-18-34/h9-11,13-22,26,28-29,37-39H,12,24-25,27H2,1-8H3,(H,44,45,48,49)/t37-,38-,39-,56?/m1/s1. The van der Waals surface area contributed by atoms with Crippen LogP contribution in [0.25, 0.3) is 0 Å². The number of nitrogens with one attached hydrogen (secondary N) is 1. The summed E-state index contributed by atoms with van der Waals surface area (Å²) in [6.07, 6.45) is 0.00222. The molecule has 14 heteroatoms. The van der Waals surface area contributed by atoms with E-state index in [1.54, 1.807) is 27.3 Å². The molecule has 56 heavy (non-hydrogen) atoms. The Kier molecular flexibility index (Phi) is 14.8. The quantitative estimate of drug-likeness (QED) is 0.0609. The zero-order valence-corrected chi connectivity index (χ0v) is 34.2. The van der Waals surface area contributed by atoms with Crippen LogP contribution in [-0.4, -0.2) is 71.9 Å². The molecule has 1 aliphatic heterocycles. The molecule has 3 aromatic carbocycles. The number of hydrogen-bond acceptors (Lipinski definition) is 11. The molecule has 1 aromatic heterocycles. The van der Waals surface area contributed by atoms with Crippen LogP contribution in [0.1, 0.15) is 75.9 Å². The molecule has 5 rings (SSSR count). The summed E-state index contributed by atoms with van der Waals surface area (Å²) < 4.78 is 41.9. The number of amides is 1. The number of benzene rings is 3. The SMILES string of the molecule is COc1ccc(C(OC[C@H]2O[C@@H](n3cc(C)c(NC(C)=O)nc3=O)C[C@H]2OP(OCCC#N)N(C(C)C)C(C)C)(c2ccccc2)c2ccc(OC)cc2)cc1. The number of ether oxygens (including phenoxy) is 4. The van der Waals surface area contributed by atoms with Crippen LogP contribution in [0.5, 0.6) is 11.5 Å². The number of aryl methyl sites for hydroxylation is 1. The Morgan fingerprint density at radius 3 is 2.07 bits per heavy atom. The van der Waals surface area contributed by atoms with Gasteiger partial charge in [-0.05, 0) is 75.6 Å². The molecule has 0 saturated carbocycles. The van der Waals surface area contributed by atoms with Gasteiger partial charge in [0.2, 0.25) is 5.91 Å². The first kappa shape index (κ1) is 42.5. The van der Waals surface area contributed by atoms with E-state index < -0.39 is 38.3 Å². The summed E-state index contributed by atoms with van der Waals surface area (Å²) in [6.45, 7) is 11.6. The predicted octanol–water partition coefficient (Wildman–Crippen LogP) is 7.48. The maximum absolute atomic E-state index is 13.5. The number of carbonyl (C=O) groups excluding carboxylic acids is 1. The maximum Gasteiger partial charge on any atom is 0.351 e. The molecule has 0 bridgehead atoms. The van der Waals surface area contributed by atoms with Gasteiger partial charge in [-0.2, -0.15) is 10.2 Å². The first-order valence-electron chi connectivity index (χ1n) is 18.7. The third kappa shape index (κ3) is 9.82. The maximum atomic E-state index is 13.5. The molecule has 2 heterocycles. The minimum Gasteiger partial charge on any atom is -0.497 e. The lowest BCUT2D eigenvalue weighted by molar-refractivity contribution is -0.114. The predicted molar refractivity (Wildman–Crippen MR) is 214 cm³/mol. The lowest BCUT2D eigenvalue weighted by atomic mass is 9.80. The van der Waals surface area contributed by atoms with Gasteiger partial charge in [-0.25, -0.2) is 9.46 Å². The van der Waals surface area contributed by atoms with Gasteiger partial charge in [0, 0.05) is 37.2 Å². The van der Waals surface area contributed by atoms with E-state index in [2.05, 4.69) is 48.7 Å². The molecule has 4 atom stereocenters. The zero-order chi connectivity index (χ0) is 40.4. The smallest absolute Gasteiger partial charge is 0.351 e. The molecule has 0 radical (unpaired) electrons. The number of anilines is 1. The molecule has 13 nitrogen and oxygen atoms in total. The van der Waals surface area contributed by atoms with Gasteiger partial charge >= 0.3 is 5.69 Å². The van der Waals surface area contributed by atoms with Gasteiger partial charge in [-0.15, -0.1) is 0 Å². The second-order valence-electron chi connectivity index (χ2n) is 14.0. The van der Waals surface area contributed by atoms with Crippen molar-refractivity contribution in [2.24, 2.45) is 0 Å². The van der Waals surface area contributed by atoms with Gasteiger partial charge in [-0.3, -0.25) is 9.36 Å². The van der Waals surface area contributed by atoms with Gasteiger partial charge in [-0.1, -0.05) is 54.6 Å². The fourth-order valence-corrected chi connectivity index (χ4v) is 8.65. The molecule has 1 saturated heterocycles. The third-order valence-corrected chi connectivity index (χ3v) is 11.6. The van der Waals surface area contributed by atoms with Gasteiger partial charge in [0.1, 0.15) is 35.2 Å². The Balaban J connectivity index is 1.61. The van der Waals surface area contributed by atoms with Crippen molar-refractivity contribution in [3.8, 4) is 17.6 Å². The fourth-order valence-electron chi connectivity index (χ4n) is 6.89. The highest BCUT2D eigenvalue weighted by molar-refractivity contribution is 7.44. The molecule has 1 N–H and O–H groups in total. The molecular weight excluding hydrogens is 733 g/mol. The summed E-state index contributed by atoms with van der Waals surface area (Å²) in [5.74, 6) is 1.25. The molecule has 1 fully saturated rings. The Morgan fingerprint density at radius 1 is 0.982 bits per heavy atom. The van der Waals surface area contributed by atoms with Crippen LogP contribution >= 0.6 is 8.53 Å². The number of methoxy groups -OCH3 is 2. The monoisotopic (exact) mass is 785 g/mol. The summed E-state index contributed by atoms with van der Waals surface area (Å²) in [6, 6.07) is 27.8. The average Bonchev–Trinajstić information content (AvgIpc) is 3.58. The number of carbonyl (C=O) groups is 1. The first-order valence-corrected chi connectivity index (χ1v) is 19.8. The largest absolute Gasteiger partial charge is 0.497 e. The second-order valence-corrected chi connectivity index (χ2v) is 15.4. The number of hydrogen-bond donors (Lipinski definition) is 1. The van der Waals surface area contributed by atoms with Gasteiger partial charge in [0.05, 0.1) is 46.0 Å². The Bertz CT molecular complexity index is 1930. The molecule has 0 spiro atoms. The van der Waals surface area contributed by atoms with Crippen LogP contribution in [0, 0.1) is 18.3 Å². The minimum atomic E-state index is -1.68. The van der Waals surface area contributed by atoms with Crippen LogP contribution < -0.4 is 20.5 Å². The Labute approximate surface area is 330 Å². The van der Waals surface area contributed by atoms with Crippen LogP contribution in [0.3, 0.4) is 0 Å². The number of aromatic nitrogens is 2.